The van der Waals surface area contributed by atoms with Crippen LogP contribution in [-0.2, 0) is 11.3 Å². The fraction of sp³-hybridized carbons (Fsp3) is 0.273. The first-order valence-corrected chi connectivity index (χ1v) is 11.0. The van der Waals surface area contributed by atoms with Gasteiger partial charge in [-0.25, -0.2) is 0 Å². The quantitative estimate of drug-likeness (QED) is 0.332. The van der Waals surface area contributed by atoms with Crippen molar-refractivity contribution in [2.24, 2.45) is 0 Å². The van der Waals surface area contributed by atoms with Gasteiger partial charge in [0.1, 0.15) is 0 Å². The van der Waals surface area contributed by atoms with Crippen molar-refractivity contribution in [2.45, 2.75) is 26.3 Å². The number of carbonyl (C=O) groups excluding carboxylic acids is 2. The van der Waals surface area contributed by atoms with Crippen LogP contribution < -0.4 is 9.47 Å². The van der Waals surface area contributed by atoms with Gasteiger partial charge in [-0.2, -0.15) is 0 Å². The molecule has 1 saturated heterocycles. The summed E-state index contributed by atoms with van der Waals surface area (Å²) in [5.41, 5.74) is 1.27. The average Bonchev–Trinajstić information content (AvgIpc) is 2.98. The number of methoxy groups -OCH3 is 1. The molecular formula is C22H21Cl2NO4S. The number of imide groups is 1. The zero-order valence-electron chi connectivity index (χ0n) is 16.6. The Kier molecular flexibility index (Phi) is 7.69. The van der Waals surface area contributed by atoms with E-state index >= 15 is 0 Å². The third kappa shape index (κ3) is 5.12. The van der Waals surface area contributed by atoms with Crippen LogP contribution in [0.1, 0.15) is 30.9 Å². The van der Waals surface area contributed by atoms with E-state index in [0.717, 1.165) is 35.1 Å². The van der Waals surface area contributed by atoms with Gasteiger partial charge in [-0.15, -0.1) is 0 Å². The molecule has 0 unspecified atom stereocenters. The molecule has 158 valence electrons. The lowest BCUT2D eigenvalue weighted by molar-refractivity contribution is -0.123. The van der Waals surface area contributed by atoms with E-state index in [9.17, 15) is 9.59 Å². The Bertz CT molecular complexity index is 973. The Morgan fingerprint density at radius 1 is 1.10 bits per heavy atom. The molecule has 1 aliphatic rings. The second-order valence-electron chi connectivity index (χ2n) is 6.58. The molecule has 0 spiro atoms. The summed E-state index contributed by atoms with van der Waals surface area (Å²) in [6, 6.07) is 10.5. The maximum atomic E-state index is 12.8. The summed E-state index contributed by atoms with van der Waals surface area (Å²) in [4.78, 5) is 26.7. The third-order valence-corrected chi connectivity index (χ3v) is 6.11. The van der Waals surface area contributed by atoms with Crippen LogP contribution in [0.4, 0.5) is 4.79 Å². The van der Waals surface area contributed by atoms with Gasteiger partial charge in [0.25, 0.3) is 11.1 Å². The smallest absolute Gasteiger partial charge is 0.293 e. The SMILES string of the molecule is CCCCOc1ccc(C=C2SC(=O)N(Cc3c(Cl)cccc3Cl)C2=O)cc1OC. The van der Waals surface area contributed by atoms with Crippen LogP contribution in [-0.4, -0.2) is 29.8 Å². The second-order valence-corrected chi connectivity index (χ2v) is 8.39. The Morgan fingerprint density at radius 2 is 1.83 bits per heavy atom. The second kappa shape index (κ2) is 10.2. The summed E-state index contributed by atoms with van der Waals surface area (Å²) in [5, 5.41) is 0.455. The van der Waals surface area contributed by atoms with Gasteiger partial charge in [-0.05, 0) is 54.1 Å². The molecule has 3 rings (SSSR count). The summed E-state index contributed by atoms with van der Waals surface area (Å²) in [6.45, 7) is 2.72. The lowest BCUT2D eigenvalue weighted by atomic mass is 10.1. The van der Waals surface area contributed by atoms with Gasteiger partial charge in [-0.3, -0.25) is 14.5 Å². The summed E-state index contributed by atoms with van der Waals surface area (Å²) in [7, 11) is 1.56. The molecule has 0 bridgehead atoms. The number of benzene rings is 2. The van der Waals surface area contributed by atoms with Gasteiger partial charge in [0, 0.05) is 15.6 Å². The Balaban J connectivity index is 1.79. The Hall–Kier alpha value is -2.15. The van der Waals surface area contributed by atoms with Crippen LogP contribution in [0.5, 0.6) is 11.5 Å². The first-order chi connectivity index (χ1) is 14.4. The van der Waals surface area contributed by atoms with E-state index in [1.807, 2.05) is 6.07 Å². The van der Waals surface area contributed by atoms with Gasteiger partial charge in [0.2, 0.25) is 0 Å². The predicted molar refractivity (Wildman–Crippen MR) is 121 cm³/mol. The number of halogens is 2. The van der Waals surface area contributed by atoms with Crippen molar-refractivity contribution >= 4 is 52.2 Å². The molecule has 0 aliphatic carbocycles. The fourth-order valence-electron chi connectivity index (χ4n) is 2.85. The van der Waals surface area contributed by atoms with E-state index in [1.165, 1.54) is 0 Å². The molecule has 0 N–H and O–H groups in total. The number of carbonyl (C=O) groups is 2. The van der Waals surface area contributed by atoms with E-state index < -0.39 is 0 Å². The monoisotopic (exact) mass is 465 g/mol. The largest absolute Gasteiger partial charge is 0.493 e. The molecule has 0 radical (unpaired) electrons. The Morgan fingerprint density at radius 3 is 2.50 bits per heavy atom. The predicted octanol–water partition coefficient (Wildman–Crippen LogP) is 6.42. The van der Waals surface area contributed by atoms with E-state index in [2.05, 4.69) is 6.92 Å². The number of amides is 2. The molecule has 8 heteroatoms. The van der Waals surface area contributed by atoms with E-state index in [-0.39, 0.29) is 17.7 Å². The number of nitrogens with zero attached hydrogens (tertiary/aromatic N) is 1. The molecule has 30 heavy (non-hydrogen) atoms. The van der Waals surface area contributed by atoms with E-state index in [4.69, 9.17) is 32.7 Å². The topological polar surface area (TPSA) is 55.8 Å². The highest BCUT2D eigenvalue weighted by atomic mass is 35.5. The highest BCUT2D eigenvalue weighted by Gasteiger charge is 2.35. The first kappa shape index (κ1) is 22.5. The number of rotatable bonds is 8. The fourth-order valence-corrected chi connectivity index (χ4v) is 4.20. The van der Waals surface area contributed by atoms with Crippen molar-refractivity contribution in [3.8, 4) is 11.5 Å². The maximum absolute atomic E-state index is 12.8. The first-order valence-electron chi connectivity index (χ1n) is 9.43. The average molecular weight is 466 g/mol. The van der Waals surface area contributed by atoms with Crippen molar-refractivity contribution in [2.75, 3.05) is 13.7 Å². The van der Waals surface area contributed by atoms with Gasteiger partial charge in [-0.1, -0.05) is 48.7 Å². The zero-order valence-corrected chi connectivity index (χ0v) is 18.9. The summed E-state index contributed by atoms with van der Waals surface area (Å²) < 4.78 is 11.1. The third-order valence-electron chi connectivity index (χ3n) is 4.49. The number of thioether (sulfide) groups is 1. The number of unbranched alkanes of at least 4 members (excludes halogenated alkanes) is 1. The summed E-state index contributed by atoms with van der Waals surface area (Å²) in [6.07, 6.45) is 3.65. The maximum Gasteiger partial charge on any atom is 0.293 e. The lowest BCUT2D eigenvalue weighted by Crippen LogP contribution is -2.27. The highest BCUT2D eigenvalue weighted by molar-refractivity contribution is 8.18. The minimum Gasteiger partial charge on any atom is -0.493 e. The number of hydrogen-bond donors (Lipinski definition) is 0. The summed E-state index contributed by atoms with van der Waals surface area (Å²) in [5.74, 6) is 0.828. The molecule has 2 aromatic rings. The molecule has 1 fully saturated rings. The van der Waals surface area contributed by atoms with E-state index in [0.29, 0.717) is 38.6 Å². The van der Waals surface area contributed by atoms with Crippen molar-refractivity contribution in [1.82, 2.24) is 4.90 Å². The molecule has 1 heterocycles. The molecule has 2 aromatic carbocycles. The van der Waals surface area contributed by atoms with Crippen molar-refractivity contribution < 1.29 is 19.1 Å². The van der Waals surface area contributed by atoms with Crippen molar-refractivity contribution in [3.63, 3.8) is 0 Å². The van der Waals surface area contributed by atoms with Crippen molar-refractivity contribution in [3.05, 3.63) is 62.5 Å². The van der Waals surface area contributed by atoms with Crippen LogP contribution in [0.15, 0.2) is 41.3 Å². The number of ether oxygens (including phenoxy) is 2. The normalized spacial score (nSPS) is 15.2. The van der Waals surface area contributed by atoms with Crippen LogP contribution in [0, 0.1) is 0 Å². The van der Waals surface area contributed by atoms with Crippen LogP contribution in [0.25, 0.3) is 6.08 Å². The van der Waals surface area contributed by atoms with Gasteiger partial charge < -0.3 is 9.47 Å². The van der Waals surface area contributed by atoms with Crippen LogP contribution in [0.3, 0.4) is 0 Å². The van der Waals surface area contributed by atoms with E-state index in [1.54, 1.807) is 43.5 Å². The molecule has 2 amide bonds. The van der Waals surface area contributed by atoms with Crippen LogP contribution >= 0.6 is 35.0 Å². The standard InChI is InChI=1S/C22H21Cl2NO4S/c1-3-4-10-29-18-9-8-14(11-19(18)28-2)12-20-21(26)25(22(27)30-20)13-15-16(23)6-5-7-17(15)24/h5-9,11-12H,3-4,10,13H2,1-2H3. The van der Waals surface area contributed by atoms with Crippen molar-refractivity contribution in [1.29, 1.82) is 0 Å². The molecule has 1 aliphatic heterocycles. The highest BCUT2D eigenvalue weighted by Crippen LogP contribution is 2.37. The van der Waals surface area contributed by atoms with Gasteiger partial charge in [0.05, 0.1) is 25.2 Å². The minimum absolute atomic E-state index is 0.0219. The molecule has 0 saturated carbocycles. The lowest BCUT2D eigenvalue weighted by Gasteiger charge is -2.14. The number of hydrogen-bond acceptors (Lipinski definition) is 5. The summed E-state index contributed by atoms with van der Waals surface area (Å²) >= 11 is 13.2. The molecular weight excluding hydrogens is 445 g/mol. The molecule has 0 atom stereocenters. The Labute approximate surface area is 189 Å². The van der Waals surface area contributed by atoms with Gasteiger partial charge in [0.15, 0.2) is 11.5 Å². The molecule has 5 nitrogen and oxygen atoms in total. The van der Waals surface area contributed by atoms with Crippen LogP contribution in [0.2, 0.25) is 10.0 Å². The van der Waals surface area contributed by atoms with Gasteiger partial charge >= 0.3 is 0 Å². The zero-order chi connectivity index (χ0) is 21.7. The molecule has 0 aromatic heterocycles. The minimum atomic E-state index is -0.386.